The van der Waals surface area contributed by atoms with Gasteiger partial charge in [0.25, 0.3) is 0 Å². The summed E-state index contributed by atoms with van der Waals surface area (Å²) in [7, 11) is 0. The number of benzene rings is 1. The molecule has 0 unspecified atom stereocenters. The minimum Gasteiger partial charge on any atom is -0.324 e. The molecule has 3 nitrogen and oxygen atoms in total. The number of nitrogens with one attached hydrogen (secondary N) is 1. The van der Waals surface area contributed by atoms with E-state index in [-0.39, 0.29) is 5.91 Å². The molecule has 1 aromatic heterocycles. The minimum atomic E-state index is -0.0414. The van der Waals surface area contributed by atoms with Crippen molar-refractivity contribution in [3.8, 4) is 0 Å². The number of carbonyl (C=O) groups is 1. The topological polar surface area (TPSA) is 42.0 Å². The Bertz CT molecular complexity index is 497. The summed E-state index contributed by atoms with van der Waals surface area (Å²) in [6, 6.07) is 11.3. The first-order chi connectivity index (χ1) is 8.24. The van der Waals surface area contributed by atoms with Crippen LogP contribution in [0, 0.1) is 0 Å². The Balaban J connectivity index is 1.96. The van der Waals surface area contributed by atoms with Gasteiger partial charge >= 0.3 is 0 Å². The van der Waals surface area contributed by atoms with Gasteiger partial charge in [0, 0.05) is 10.7 Å². The first-order valence-electron chi connectivity index (χ1n) is 5.18. The molecule has 0 aliphatic rings. The summed E-state index contributed by atoms with van der Waals surface area (Å²) in [5, 5.41) is 2.79. The minimum absolute atomic E-state index is 0.0414. The van der Waals surface area contributed by atoms with Gasteiger partial charge in [-0.3, -0.25) is 9.78 Å². The first kappa shape index (κ1) is 11.8. The van der Waals surface area contributed by atoms with Crippen LogP contribution >= 0.6 is 15.9 Å². The number of nitrogens with zero attached hydrogens (tertiary/aromatic N) is 1. The molecule has 17 heavy (non-hydrogen) atoms. The van der Waals surface area contributed by atoms with Gasteiger partial charge < -0.3 is 5.32 Å². The molecule has 2 rings (SSSR count). The second-order valence-electron chi connectivity index (χ2n) is 3.59. The predicted octanol–water partition coefficient (Wildman–Crippen LogP) is 3.03. The van der Waals surface area contributed by atoms with E-state index in [0.717, 1.165) is 15.7 Å². The van der Waals surface area contributed by atoms with E-state index in [4.69, 9.17) is 0 Å². The maximum atomic E-state index is 11.7. The number of hydrogen-bond donors (Lipinski definition) is 1. The molecule has 0 fully saturated rings. The fourth-order valence-electron chi connectivity index (χ4n) is 1.43. The van der Waals surface area contributed by atoms with Crippen molar-refractivity contribution in [2.24, 2.45) is 0 Å². The first-order valence-corrected chi connectivity index (χ1v) is 5.97. The summed E-state index contributed by atoms with van der Waals surface area (Å²) >= 11 is 3.36. The quantitative estimate of drug-likeness (QED) is 0.944. The van der Waals surface area contributed by atoms with Crippen molar-refractivity contribution in [1.29, 1.82) is 0 Å². The lowest BCUT2D eigenvalue weighted by Crippen LogP contribution is -2.14. The second kappa shape index (κ2) is 5.59. The van der Waals surface area contributed by atoms with E-state index in [1.54, 1.807) is 18.5 Å². The van der Waals surface area contributed by atoms with Crippen molar-refractivity contribution < 1.29 is 4.79 Å². The number of amides is 1. The fourth-order valence-corrected chi connectivity index (χ4v) is 1.69. The van der Waals surface area contributed by atoms with Gasteiger partial charge in [0.2, 0.25) is 5.91 Å². The van der Waals surface area contributed by atoms with Crippen molar-refractivity contribution in [3.05, 3.63) is 58.8 Å². The van der Waals surface area contributed by atoms with Gasteiger partial charge in [-0.05, 0) is 29.8 Å². The normalized spacial score (nSPS) is 9.94. The third-order valence-corrected chi connectivity index (χ3v) is 2.75. The highest BCUT2D eigenvalue weighted by Gasteiger charge is 2.03. The number of carbonyl (C=O) groups excluding carboxylic acids is 1. The molecule has 0 spiro atoms. The summed E-state index contributed by atoms with van der Waals surface area (Å²) in [4.78, 5) is 15.7. The summed E-state index contributed by atoms with van der Waals surface area (Å²) in [6.45, 7) is 0. The van der Waals surface area contributed by atoms with E-state index in [1.165, 1.54) is 0 Å². The third kappa shape index (κ3) is 3.67. The Kier molecular flexibility index (Phi) is 3.88. The van der Waals surface area contributed by atoms with E-state index in [0.29, 0.717) is 6.42 Å². The van der Waals surface area contributed by atoms with Crippen molar-refractivity contribution in [2.45, 2.75) is 6.42 Å². The highest BCUT2D eigenvalue weighted by Crippen LogP contribution is 2.11. The molecule has 1 heterocycles. The molecule has 0 bridgehead atoms. The molecule has 0 aliphatic carbocycles. The lowest BCUT2D eigenvalue weighted by atomic mass is 10.1. The molecule has 2 aromatic rings. The van der Waals surface area contributed by atoms with Gasteiger partial charge in [-0.2, -0.15) is 0 Å². The zero-order valence-electron chi connectivity index (χ0n) is 9.06. The Hall–Kier alpha value is -1.68. The fraction of sp³-hybridized carbons (Fsp3) is 0.0769. The van der Waals surface area contributed by atoms with E-state index < -0.39 is 0 Å². The smallest absolute Gasteiger partial charge is 0.228 e. The largest absolute Gasteiger partial charge is 0.324 e. The second-order valence-corrected chi connectivity index (χ2v) is 4.51. The number of hydrogen-bond acceptors (Lipinski definition) is 2. The molecule has 1 amide bonds. The Labute approximate surface area is 108 Å². The molecule has 0 radical (unpaired) electrons. The number of halogens is 1. The van der Waals surface area contributed by atoms with Gasteiger partial charge in [-0.15, -0.1) is 0 Å². The maximum absolute atomic E-state index is 11.7. The van der Waals surface area contributed by atoms with Crippen LogP contribution in [-0.2, 0) is 11.2 Å². The van der Waals surface area contributed by atoms with Crippen molar-refractivity contribution in [1.82, 2.24) is 4.98 Å². The zero-order chi connectivity index (χ0) is 12.1. The van der Waals surface area contributed by atoms with E-state index in [2.05, 4.69) is 26.2 Å². The van der Waals surface area contributed by atoms with E-state index in [1.807, 2.05) is 30.3 Å². The van der Waals surface area contributed by atoms with Gasteiger partial charge in [0.15, 0.2) is 0 Å². The summed E-state index contributed by atoms with van der Waals surface area (Å²) in [5.41, 5.74) is 1.70. The van der Waals surface area contributed by atoms with Crippen LogP contribution in [0.1, 0.15) is 5.56 Å². The lowest BCUT2D eigenvalue weighted by molar-refractivity contribution is -0.115. The molecule has 1 aromatic carbocycles. The lowest BCUT2D eigenvalue weighted by Gasteiger charge is -2.04. The zero-order valence-corrected chi connectivity index (χ0v) is 10.6. The van der Waals surface area contributed by atoms with Crippen LogP contribution in [0.25, 0.3) is 0 Å². The van der Waals surface area contributed by atoms with Gasteiger partial charge in [0.05, 0.1) is 18.3 Å². The van der Waals surface area contributed by atoms with Gasteiger partial charge in [-0.1, -0.05) is 28.1 Å². The average Bonchev–Trinajstić information content (AvgIpc) is 2.33. The van der Waals surface area contributed by atoms with E-state index >= 15 is 0 Å². The van der Waals surface area contributed by atoms with Crippen LogP contribution < -0.4 is 5.32 Å². The van der Waals surface area contributed by atoms with Crippen LogP contribution in [0.5, 0.6) is 0 Å². The van der Waals surface area contributed by atoms with Gasteiger partial charge in [-0.25, -0.2) is 0 Å². The Morgan fingerprint density at radius 2 is 2.00 bits per heavy atom. The Morgan fingerprint density at radius 3 is 2.65 bits per heavy atom. The summed E-state index contributed by atoms with van der Waals surface area (Å²) in [5.74, 6) is -0.0414. The average molecular weight is 291 g/mol. The summed E-state index contributed by atoms with van der Waals surface area (Å²) in [6.07, 6.45) is 3.66. The van der Waals surface area contributed by atoms with Crippen LogP contribution in [-0.4, -0.2) is 10.9 Å². The number of pyridine rings is 1. The van der Waals surface area contributed by atoms with Crippen LogP contribution in [0.2, 0.25) is 0 Å². The molecular formula is C13H11BrN2O. The third-order valence-electron chi connectivity index (χ3n) is 2.22. The molecule has 0 saturated heterocycles. The number of anilines is 1. The molecule has 0 aliphatic heterocycles. The van der Waals surface area contributed by atoms with Crippen LogP contribution in [0.3, 0.4) is 0 Å². The molecule has 86 valence electrons. The highest BCUT2D eigenvalue weighted by atomic mass is 79.9. The molecule has 4 heteroatoms. The SMILES string of the molecule is O=C(Cc1ccc(Br)cc1)Nc1cccnc1. The van der Waals surface area contributed by atoms with Crippen LogP contribution in [0.4, 0.5) is 5.69 Å². The molecule has 0 atom stereocenters. The molecular weight excluding hydrogens is 280 g/mol. The molecule has 1 N–H and O–H groups in total. The van der Waals surface area contributed by atoms with Crippen molar-refractivity contribution in [3.63, 3.8) is 0 Å². The standard InChI is InChI=1S/C13H11BrN2O/c14-11-5-3-10(4-6-11)8-13(17)16-12-2-1-7-15-9-12/h1-7,9H,8H2,(H,16,17). The van der Waals surface area contributed by atoms with Crippen LogP contribution in [0.15, 0.2) is 53.3 Å². The maximum Gasteiger partial charge on any atom is 0.228 e. The predicted molar refractivity (Wildman–Crippen MR) is 70.7 cm³/mol. The number of rotatable bonds is 3. The summed E-state index contributed by atoms with van der Waals surface area (Å²) < 4.78 is 1.01. The van der Waals surface area contributed by atoms with Crippen molar-refractivity contribution >= 4 is 27.5 Å². The monoisotopic (exact) mass is 290 g/mol. The Morgan fingerprint density at radius 1 is 1.24 bits per heavy atom. The van der Waals surface area contributed by atoms with E-state index in [9.17, 15) is 4.79 Å². The molecule has 0 saturated carbocycles. The van der Waals surface area contributed by atoms with Gasteiger partial charge in [0.1, 0.15) is 0 Å². The highest BCUT2D eigenvalue weighted by molar-refractivity contribution is 9.10. The number of aromatic nitrogens is 1. The van der Waals surface area contributed by atoms with Crippen molar-refractivity contribution in [2.75, 3.05) is 5.32 Å².